The van der Waals surface area contributed by atoms with Gasteiger partial charge in [-0.2, -0.15) is 0 Å². The Morgan fingerprint density at radius 2 is 1.52 bits per heavy atom. The van der Waals surface area contributed by atoms with Crippen molar-refractivity contribution in [3.05, 3.63) is 0 Å². The fourth-order valence-corrected chi connectivity index (χ4v) is 4.05. The zero-order valence-electron chi connectivity index (χ0n) is 13.0. The Hall–Kier alpha value is -0.810. The van der Waals surface area contributed by atoms with Gasteiger partial charge in [-0.25, -0.2) is 4.79 Å². The topological polar surface area (TPSA) is 55.8 Å². The molecule has 0 radical (unpaired) electrons. The SMILES string of the molecule is O=C(NC1CCC(O)CC1)N1CCN(C2CCCC2)CC1. The van der Waals surface area contributed by atoms with E-state index in [0.29, 0.717) is 0 Å². The number of aliphatic hydroxyl groups is 1. The highest BCUT2D eigenvalue weighted by molar-refractivity contribution is 5.74. The Morgan fingerprint density at radius 1 is 0.905 bits per heavy atom. The van der Waals surface area contributed by atoms with Crippen molar-refractivity contribution in [2.24, 2.45) is 0 Å². The lowest BCUT2D eigenvalue weighted by Gasteiger charge is -2.38. The second-order valence-corrected chi connectivity index (χ2v) is 6.92. The molecule has 5 nitrogen and oxygen atoms in total. The summed E-state index contributed by atoms with van der Waals surface area (Å²) in [6.45, 7) is 3.78. The highest BCUT2D eigenvalue weighted by atomic mass is 16.3. The molecular formula is C16H29N3O2. The normalized spacial score (nSPS) is 32.3. The molecule has 3 aliphatic rings. The summed E-state index contributed by atoms with van der Waals surface area (Å²) in [7, 11) is 0. The first-order valence-corrected chi connectivity index (χ1v) is 8.70. The number of aliphatic hydroxyl groups excluding tert-OH is 1. The maximum absolute atomic E-state index is 12.3. The molecule has 1 saturated heterocycles. The van der Waals surface area contributed by atoms with Gasteiger partial charge >= 0.3 is 6.03 Å². The fourth-order valence-electron chi connectivity index (χ4n) is 4.05. The van der Waals surface area contributed by atoms with Crippen molar-refractivity contribution in [3.8, 4) is 0 Å². The number of nitrogens with zero attached hydrogens (tertiary/aromatic N) is 2. The van der Waals surface area contributed by atoms with Crippen molar-refractivity contribution >= 4 is 6.03 Å². The number of urea groups is 1. The van der Waals surface area contributed by atoms with Gasteiger partial charge in [-0.3, -0.25) is 4.90 Å². The Kier molecular flexibility index (Phi) is 5.01. The van der Waals surface area contributed by atoms with Crippen LogP contribution in [0.15, 0.2) is 0 Å². The minimum atomic E-state index is -0.159. The molecule has 3 rings (SSSR count). The number of piperazine rings is 1. The van der Waals surface area contributed by atoms with E-state index in [1.54, 1.807) is 0 Å². The molecule has 1 aliphatic heterocycles. The van der Waals surface area contributed by atoms with Crippen molar-refractivity contribution in [2.45, 2.75) is 69.6 Å². The number of amides is 2. The van der Waals surface area contributed by atoms with Gasteiger partial charge in [-0.15, -0.1) is 0 Å². The molecular weight excluding hydrogens is 266 g/mol. The molecule has 0 bridgehead atoms. The molecule has 21 heavy (non-hydrogen) atoms. The van der Waals surface area contributed by atoms with Crippen LogP contribution in [0, 0.1) is 0 Å². The molecule has 0 unspecified atom stereocenters. The monoisotopic (exact) mass is 295 g/mol. The van der Waals surface area contributed by atoms with E-state index in [4.69, 9.17) is 0 Å². The van der Waals surface area contributed by atoms with Crippen molar-refractivity contribution < 1.29 is 9.90 Å². The largest absolute Gasteiger partial charge is 0.393 e. The predicted octanol–water partition coefficient (Wildman–Crippen LogP) is 1.56. The molecule has 3 fully saturated rings. The molecule has 2 aliphatic carbocycles. The first-order chi connectivity index (χ1) is 10.2. The van der Waals surface area contributed by atoms with Gasteiger partial charge in [0.2, 0.25) is 0 Å². The number of carbonyl (C=O) groups excluding carboxylic acids is 1. The summed E-state index contributed by atoms with van der Waals surface area (Å²) in [5.74, 6) is 0. The Bertz CT molecular complexity index is 341. The molecule has 2 N–H and O–H groups in total. The zero-order chi connectivity index (χ0) is 14.7. The van der Waals surface area contributed by atoms with Crippen molar-refractivity contribution in [3.63, 3.8) is 0 Å². The van der Waals surface area contributed by atoms with E-state index in [1.807, 2.05) is 4.90 Å². The Labute approximate surface area is 127 Å². The third kappa shape index (κ3) is 3.89. The van der Waals surface area contributed by atoms with Gasteiger partial charge in [-0.05, 0) is 38.5 Å². The lowest BCUT2D eigenvalue weighted by molar-refractivity contribution is 0.0990. The van der Waals surface area contributed by atoms with E-state index in [2.05, 4.69) is 10.2 Å². The summed E-state index contributed by atoms with van der Waals surface area (Å²) in [4.78, 5) is 16.9. The smallest absolute Gasteiger partial charge is 0.317 e. The molecule has 2 saturated carbocycles. The second kappa shape index (κ2) is 6.97. The minimum Gasteiger partial charge on any atom is -0.393 e. The minimum absolute atomic E-state index is 0.0995. The van der Waals surface area contributed by atoms with Crippen LogP contribution in [0.2, 0.25) is 0 Å². The molecule has 120 valence electrons. The molecule has 0 atom stereocenters. The standard InChI is InChI=1S/C16H29N3O2/c20-15-7-5-13(6-8-15)17-16(21)19-11-9-18(10-12-19)14-3-1-2-4-14/h13-15,20H,1-12H2,(H,17,21). The van der Waals surface area contributed by atoms with Gasteiger partial charge in [0.15, 0.2) is 0 Å². The zero-order valence-corrected chi connectivity index (χ0v) is 13.0. The van der Waals surface area contributed by atoms with Crippen LogP contribution in [0.1, 0.15) is 51.4 Å². The molecule has 5 heteroatoms. The third-order valence-corrected chi connectivity index (χ3v) is 5.47. The summed E-state index contributed by atoms with van der Waals surface area (Å²) in [5, 5.41) is 12.7. The van der Waals surface area contributed by atoms with Crippen LogP contribution in [0.25, 0.3) is 0 Å². The lowest BCUT2D eigenvalue weighted by atomic mass is 9.93. The summed E-state index contributed by atoms with van der Waals surface area (Å²) in [6.07, 6.45) is 8.74. The van der Waals surface area contributed by atoms with E-state index in [9.17, 15) is 9.90 Å². The molecule has 1 heterocycles. The highest BCUT2D eigenvalue weighted by Crippen LogP contribution is 2.24. The molecule has 2 amide bonds. The van der Waals surface area contributed by atoms with E-state index < -0.39 is 0 Å². The number of rotatable bonds is 2. The fraction of sp³-hybridized carbons (Fsp3) is 0.938. The van der Waals surface area contributed by atoms with E-state index in [-0.39, 0.29) is 18.2 Å². The van der Waals surface area contributed by atoms with Gasteiger partial charge in [0.05, 0.1) is 6.10 Å². The van der Waals surface area contributed by atoms with Gasteiger partial charge in [0.25, 0.3) is 0 Å². The molecule has 0 aromatic rings. The van der Waals surface area contributed by atoms with Crippen LogP contribution in [0.3, 0.4) is 0 Å². The van der Waals surface area contributed by atoms with Crippen molar-refractivity contribution in [1.29, 1.82) is 0 Å². The van der Waals surface area contributed by atoms with Gasteiger partial charge in [0.1, 0.15) is 0 Å². The first-order valence-electron chi connectivity index (χ1n) is 8.70. The highest BCUT2D eigenvalue weighted by Gasteiger charge is 2.29. The van der Waals surface area contributed by atoms with Crippen LogP contribution in [-0.2, 0) is 0 Å². The summed E-state index contributed by atoms with van der Waals surface area (Å²) in [6, 6.07) is 1.13. The van der Waals surface area contributed by atoms with E-state index >= 15 is 0 Å². The quantitative estimate of drug-likeness (QED) is 0.813. The van der Waals surface area contributed by atoms with E-state index in [0.717, 1.165) is 57.9 Å². The summed E-state index contributed by atoms with van der Waals surface area (Å²) in [5.41, 5.74) is 0. The second-order valence-electron chi connectivity index (χ2n) is 6.92. The average Bonchev–Trinajstić information content (AvgIpc) is 3.04. The Morgan fingerprint density at radius 3 is 2.14 bits per heavy atom. The Balaban J connectivity index is 1.40. The van der Waals surface area contributed by atoms with Crippen LogP contribution in [-0.4, -0.2) is 65.3 Å². The molecule has 0 aromatic carbocycles. The maximum Gasteiger partial charge on any atom is 0.317 e. The van der Waals surface area contributed by atoms with Crippen molar-refractivity contribution in [2.75, 3.05) is 26.2 Å². The molecule has 0 spiro atoms. The maximum atomic E-state index is 12.3. The van der Waals surface area contributed by atoms with Crippen molar-refractivity contribution in [1.82, 2.24) is 15.1 Å². The lowest BCUT2D eigenvalue weighted by Crippen LogP contribution is -2.55. The summed E-state index contributed by atoms with van der Waals surface area (Å²) >= 11 is 0. The van der Waals surface area contributed by atoms with Gasteiger partial charge in [0, 0.05) is 38.3 Å². The first kappa shape index (κ1) is 15.1. The van der Waals surface area contributed by atoms with E-state index in [1.165, 1.54) is 25.7 Å². The van der Waals surface area contributed by atoms with Crippen LogP contribution >= 0.6 is 0 Å². The number of hydrogen-bond acceptors (Lipinski definition) is 3. The predicted molar refractivity (Wildman–Crippen MR) is 82.2 cm³/mol. The van der Waals surface area contributed by atoms with Crippen LogP contribution in [0.5, 0.6) is 0 Å². The number of hydrogen-bond donors (Lipinski definition) is 2. The molecule has 0 aromatic heterocycles. The third-order valence-electron chi connectivity index (χ3n) is 5.47. The van der Waals surface area contributed by atoms with Crippen LogP contribution < -0.4 is 5.32 Å². The van der Waals surface area contributed by atoms with Crippen LogP contribution in [0.4, 0.5) is 4.79 Å². The average molecular weight is 295 g/mol. The summed E-state index contributed by atoms with van der Waals surface area (Å²) < 4.78 is 0. The number of nitrogens with one attached hydrogen (secondary N) is 1. The van der Waals surface area contributed by atoms with Gasteiger partial charge < -0.3 is 15.3 Å². The number of carbonyl (C=O) groups is 1. The van der Waals surface area contributed by atoms with Gasteiger partial charge in [-0.1, -0.05) is 12.8 Å².